The average molecular weight is 364 g/mol. The highest BCUT2D eigenvalue weighted by atomic mass is 16.7. The van der Waals surface area contributed by atoms with Crippen molar-refractivity contribution in [2.75, 3.05) is 6.61 Å². The standard InChI is InChI=1S/C20H28O6/c1-17-6-7-20(25)13(8-15(22)26-20)12(17)4-5-18-9-11(2-3-14(17)18)19(24,10-21)16(18)23/h8,11-12,14,16,21,23-25H,2-7,9-10H2,1H3/t11-,12+,14-,16+,17+,18+,19-,20+/m0/s1. The lowest BCUT2D eigenvalue weighted by Crippen LogP contribution is -2.60. The van der Waals surface area contributed by atoms with E-state index in [4.69, 9.17) is 4.74 Å². The molecule has 4 N–H and O–H groups in total. The summed E-state index contributed by atoms with van der Waals surface area (Å²) in [5.74, 6) is -1.73. The zero-order valence-electron chi connectivity index (χ0n) is 15.1. The lowest BCUT2D eigenvalue weighted by atomic mass is 9.43. The zero-order valence-corrected chi connectivity index (χ0v) is 15.1. The van der Waals surface area contributed by atoms with Gasteiger partial charge in [-0.2, -0.15) is 0 Å². The van der Waals surface area contributed by atoms with Crippen LogP contribution in [0.2, 0.25) is 0 Å². The molecule has 5 aliphatic rings. The van der Waals surface area contributed by atoms with E-state index in [2.05, 4.69) is 6.92 Å². The number of aliphatic hydroxyl groups excluding tert-OH is 2. The van der Waals surface area contributed by atoms with Gasteiger partial charge in [-0.3, -0.25) is 0 Å². The number of hydrogen-bond acceptors (Lipinski definition) is 6. The van der Waals surface area contributed by atoms with Crippen LogP contribution in [0.1, 0.15) is 51.9 Å². The molecule has 4 saturated carbocycles. The number of carbonyl (C=O) groups is 1. The Bertz CT molecular complexity index is 704. The van der Waals surface area contributed by atoms with Crippen LogP contribution in [0.5, 0.6) is 0 Å². The second kappa shape index (κ2) is 4.90. The summed E-state index contributed by atoms with van der Waals surface area (Å²) in [5, 5.41) is 42.7. The van der Waals surface area contributed by atoms with Gasteiger partial charge in [-0.15, -0.1) is 0 Å². The van der Waals surface area contributed by atoms with Gasteiger partial charge in [0, 0.05) is 23.5 Å². The van der Waals surface area contributed by atoms with Gasteiger partial charge in [0.15, 0.2) is 0 Å². The molecule has 0 amide bonds. The van der Waals surface area contributed by atoms with Gasteiger partial charge in [0.25, 0.3) is 0 Å². The predicted octanol–water partition coefficient (Wildman–Crippen LogP) is 0.869. The number of carbonyl (C=O) groups excluding carboxylic acids is 1. The first-order valence-corrected chi connectivity index (χ1v) is 9.88. The van der Waals surface area contributed by atoms with Crippen molar-refractivity contribution in [1.82, 2.24) is 0 Å². The maximum absolute atomic E-state index is 11.8. The van der Waals surface area contributed by atoms with Gasteiger partial charge in [-0.25, -0.2) is 4.79 Å². The molecule has 4 aliphatic carbocycles. The molecule has 6 nitrogen and oxygen atoms in total. The molecule has 0 aromatic carbocycles. The van der Waals surface area contributed by atoms with Crippen LogP contribution in [-0.4, -0.2) is 50.5 Å². The van der Waals surface area contributed by atoms with Crippen LogP contribution in [0.15, 0.2) is 11.6 Å². The minimum atomic E-state index is -1.46. The van der Waals surface area contributed by atoms with E-state index in [1.165, 1.54) is 6.08 Å². The van der Waals surface area contributed by atoms with Gasteiger partial charge in [0.1, 0.15) is 5.60 Å². The Hall–Kier alpha value is -0.950. The quantitative estimate of drug-likeness (QED) is 0.514. The first-order valence-electron chi connectivity index (χ1n) is 9.88. The Morgan fingerprint density at radius 2 is 1.96 bits per heavy atom. The van der Waals surface area contributed by atoms with Crippen molar-refractivity contribution in [3.8, 4) is 0 Å². The highest BCUT2D eigenvalue weighted by Crippen LogP contribution is 2.72. The third-order valence-electron chi connectivity index (χ3n) is 8.96. The van der Waals surface area contributed by atoms with Crippen LogP contribution in [0, 0.1) is 28.6 Å². The van der Waals surface area contributed by atoms with Crippen molar-refractivity contribution >= 4 is 5.97 Å². The molecule has 4 fully saturated rings. The van der Waals surface area contributed by atoms with Gasteiger partial charge < -0.3 is 25.2 Å². The summed E-state index contributed by atoms with van der Waals surface area (Å²) < 4.78 is 5.22. The highest BCUT2D eigenvalue weighted by Gasteiger charge is 2.72. The molecule has 1 aliphatic heterocycles. The van der Waals surface area contributed by atoms with Crippen molar-refractivity contribution in [2.45, 2.75) is 69.4 Å². The van der Waals surface area contributed by atoms with Crippen molar-refractivity contribution in [3.05, 3.63) is 11.6 Å². The molecular weight excluding hydrogens is 336 g/mol. The summed E-state index contributed by atoms with van der Waals surface area (Å²) in [5.41, 5.74) is -1.24. The second-order valence-electron chi connectivity index (χ2n) is 9.72. The maximum atomic E-state index is 11.8. The molecule has 0 saturated heterocycles. The van der Waals surface area contributed by atoms with Crippen molar-refractivity contribution in [2.24, 2.45) is 28.6 Å². The van der Waals surface area contributed by atoms with E-state index in [1.54, 1.807) is 0 Å². The number of ether oxygens (including phenoxy) is 1. The van der Waals surface area contributed by atoms with Gasteiger partial charge >= 0.3 is 5.97 Å². The van der Waals surface area contributed by atoms with E-state index in [0.29, 0.717) is 12.0 Å². The van der Waals surface area contributed by atoms with Crippen LogP contribution in [0.25, 0.3) is 0 Å². The largest absolute Gasteiger partial charge is 0.426 e. The molecule has 2 bridgehead atoms. The van der Waals surface area contributed by atoms with E-state index in [-0.39, 0.29) is 28.6 Å². The molecule has 1 spiro atoms. The Morgan fingerprint density at radius 1 is 1.19 bits per heavy atom. The van der Waals surface area contributed by atoms with E-state index in [9.17, 15) is 25.2 Å². The number of esters is 1. The van der Waals surface area contributed by atoms with E-state index < -0.39 is 30.1 Å². The number of hydrogen-bond donors (Lipinski definition) is 4. The number of fused-ring (bicyclic) bond motifs is 5. The van der Waals surface area contributed by atoms with Crippen LogP contribution >= 0.6 is 0 Å². The minimum Gasteiger partial charge on any atom is -0.426 e. The predicted molar refractivity (Wildman–Crippen MR) is 90.5 cm³/mol. The van der Waals surface area contributed by atoms with Crippen molar-refractivity contribution in [1.29, 1.82) is 0 Å². The Morgan fingerprint density at radius 3 is 2.69 bits per heavy atom. The van der Waals surface area contributed by atoms with Crippen LogP contribution < -0.4 is 0 Å². The molecular formula is C20H28O6. The number of rotatable bonds is 1. The van der Waals surface area contributed by atoms with E-state index in [1.807, 2.05) is 0 Å². The molecule has 0 radical (unpaired) electrons. The molecule has 144 valence electrons. The third kappa shape index (κ3) is 1.75. The first kappa shape index (κ1) is 17.2. The maximum Gasteiger partial charge on any atom is 0.333 e. The molecule has 0 aromatic heterocycles. The summed E-state index contributed by atoms with van der Waals surface area (Å²) in [7, 11) is 0. The minimum absolute atomic E-state index is 0.0508. The van der Waals surface area contributed by atoms with Crippen LogP contribution in [0.3, 0.4) is 0 Å². The molecule has 5 rings (SSSR count). The first-order chi connectivity index (χ1) is 12.2. The molecule has 1 heterocycles. The highest BCUT2D eigenvalue weighted by molar-refractivity contribution is 5.86. The topological polar surface area (TPSA) is 107 Å². The van der Waals surface area contributed by atoms with E-state index in [0.717, 1.165) is 38.5 Å². The fourth-order valence-electron chi connectivity index (χ4n) is 7.77. The lowest BCUT2D eigenvalue weighted by molar-refractivity contribution is -0.215. The summed E-state index contributed by atoms with van der Waals surface area (Å²) in [6.45, 7) is 1.82. The van der Waals surface area contributed by atoms with Crippen molar-refractivity contribution in [3.63, 3.8) is 0 Å². The van der Waals surface area contributed by atoms with Crippen LogP contribution in [0.4, 0.5) is 0 Å². The summed E-state index contributed by atoms with van der Waals surface area (Å²) in [6, 6.07) is 0. The SMILES string of the molecule is C[C@@]12CC[C@@]3(O)OC(=O)C=C3[C@H]1CC[C@@]13C[C@H](CC[C@@H]21)[C@@](O)(CO)[C@@H]3O. The zero-order chi connectivity index (χ0) is 18.5. The Balaban J connectivity index is 1.57. The average Bonchev–Trinajstić information content (AvgIpc) is 3.00. The van der Waals surface area contributed by atoms with Gasteiger partial charge in [0.2, 0.25) is 5.79 Å². The van der Waals surface area contributed by atoms with E-state index >= 15 is 0 Å². The van der Waals surface area contributed by atoms with Crippen molar-refractivity contribution < 1.29 is 30.0 Å². The van der Waals surface area contributed by atoms with Gasteiger partial charge in [-0.05, 0) is 61.7 Å². The summed E-state index contributed by atoms with van der Waals surface area (Å²) in [6.07, 6.45) is 5.58. The molecule has 26 heavy (non-hydrogen) atoms. The molecule has 6 heteroatoms. The molecule has 0 aromatic rings. The number of aliphatic hydroxyl groups is 4. The van der Waals surface area contributed by atoms with Gasteiger partial charge in [0.05, 0.1) is 12.7 Å². The normalized spacial score (nSPS) is 57.7. The summed E-state index contributed by atoms with van der Waals surface area (Å²) >= 11 is 0. The summed E-state index contributed by atoms with van der Waals surface area (Å²) in [4.78, 5) is 11.8. The van der Waals surface area contributed by atoms with Crippen LogP contribution in [-0.2, 0) is 9.53 Å². The fourth-order valence-corrected chi connectivity index (χ4v) is 7.77. The Kier molecular flexibility index (Phi) is 3.24. The third-order valence-corrected chi connectivity index (χ3v) is 8.96. The Labute approximate surface area is 152 Å². The monoisotopic (exact) mass is 364 g/mol. The second-order valence-corrected chi connectivity index (χ2v) is 9.72. The van der Waals surface area contributed by atoms with Gasteiger partial charge in [-0.1, -0.05) is 6.92 Å². The smallest absolute Gasteiger partial charge is 0.333 e. The fraction of sp³-hybridized carbons (Fsp3) is 0.850. The molecule has 8 atom stereocenters. The lowest BCUT2D eigenvalue weighted by Gasteiger charge is -2.62. The molecule has 0 unspecified atom stereocenters.